The van der Waals surface area contributed by atoms with Gasteiger partial charge in [-0.3, -0.25) is 4.79 Å². The third kappa shape index (κ3) is 4.85. The van der Waals surface area contributed by atoms with Crippen molar-refractivity contribution in [1.82, 2.24) is 10.6 Å². The van der Waals surface area contributed by atoms with Gasteiger partial charge < -0.3 is 10.6 Å². The second-order valence-electron chi connectivity index (χ2n) is 6.89. The lowest BCUT2D eigenvalue weighted by Gasteiger charge is -2.39. The minimum absolute atomic E-state index is 0.152. The van der Waals surface area contributed by atoms with E-state index in [1.807, 2.05) is 0 Å². The lowest BCUT2D eigenvalue weighted by molar-refractivity contribution is -0.121. The zero-order valence-corrected chi connectivity index (χ0v) is 13.5. The van der Waals surface area contributed by atoms with Gasteiger partial charge >= 0.3 is 0 Å². The normalized spacial score (nSPS) is 21.0. The van der Waals surface area contributed by atoms with Crippen molar-refractivity contribution < 1.29 is 4.79 Å². The van der Waals surface area contributed by atoms with Crippen molar-refractivity contribution in [3.8, 4) is 0 Å². The highest BCUT2D eigenvalue weighted by Crippen LogP contribution is 2.29. The summed E-state index contributed by atoms with van der Waals surface area (Å²) >= 11 is 0. The zero-order valence-electron chi connectivity index (χ0n) is 13.5. The molecule has 0 saturated carbocycles. The van der Waals surface area contributed by atoms with E-state index in [4.69, 9.17) is 0 Å². The summed E-state index contributed by atoms with van der Waals surface area (Å²) in [5.74, 6) is 0.152. The predicted molar refractivity (Wildman–Crippen MR) is 87.3 cm³/mol. The number of nitrogens with one attached hydrogen (secondary N) is 2. The SMILES string of the molecule is Cc1ccc(CCC(=O)NCC2NCCCC2(C)C)cc1. The van der Waals surface area contributed by atoms with Crippen LogP contribution in [0.4, 0.5) is 0 Å². The molecule has 1 aliphatic heterocycles. The lowest BCUT2D eigenvalue weighted by atomic mass is 9.77. The first-order valence-electron chi connectivity index (χ1n) is 8.03. The van der Waals surface area contributed by atoms with Crippen LogP contribution in [0.25, 0.3) is 0 Å². The van der Waals surface area contributed by atoms with Crippen molar-refractivity contribution in [1.29, 1.82) is 0 Å². The van der Waals surface area contributed by atoms with Gasteiger partial charge in [-0.1, -0.05) is 43.7 Å². The molecule has 1 aliphatic rings. The molecule has 3 nitrogen and oxygen atoms in total. The van der Waals surface area contributed by atoms with Crippen LogP contribution in [0.5, 0.6) is 0 Å². The summed E-state index contributed by atoms with van der Waals surface area (Å²) in [6.07, 6.45) is 3.83. The second-order valence-corrected chi connectivity index (χ2v) is 6.89. The molecular weight excluding hydrogens is 260 g/mol. The zero-order chi connectivity index (χ0) is 15.3. The number of amides is 1. The van der Waals surface area contributed by atoms with Gasteiger partial charge in [0.1, 0.15) is 0 Å². The number of carbonyl (C=O) groups excluding carboxylic acids is 1. The molecule has 21 heavy (non-hydrogen) atoms. The Hall–Kier alpha value is -1.35. The molecule has 1 atom stereocenters. The van der Waals surface area contributed by atoms with E-state index in [-0.39, 0.29) is 11.3 Å². The van der Waals surface area contributed by atoms with Crippen molar-refractivity contribution in [3.63, 3.8) is 0 Å². The monoisotopic (exact) mass is 288 g/mol. The number of benzene rings is 1. The largest absolute Gasteiger partial charge is 0.355 e. The molecule has 1 aromatic rings. The van der Waals surface area contributed by atoms with Gasteiger partial charge in [-0.25, -0.2) is 0 Å². The molecular formula is C18H28N2O. The lowest BCUT2D eigenvalue weighted by Crippen LogP contribution is -2.52. The third-order valence-corrected chi connectivity index (χ3v) is 4.60. The van der Waals surface area contributed by atoms with Crippen molar-refractivity contribution in [3.05, 3.63) is 35.4 Å². The van der Waals surface area contributed by atoms with Crippen LogP contribution in [0.15, 0.2) is 24.3 Å². The van der Waals surface area contributed by atoms with E-state index in [1.165, 1.54) is 24.0 Å². The van der Waals surface area contributed by atoms with Crippen LogP contribution in [0.1, 0.15) is 44.2 Å². The minimum Gasteiger partial charge on any atom is -0.355 e. The topological polar surface area (TPSA) is 41.1 Å². The quantitative estimate of drug-likeness (QED) is 0.875. The van der Waals surface area contributed by atoms with Crippen molar-refractivity contribution in [2.24, 2.45) is 5.41 Å². The Morgan fingerprint density at radius 3 is 2.71 bits per heavy atom. The summed E-state index contributed by atoms with van der Waals surface area (Å²) in [4.78, 5) is 12.0. The Morgan fingerprint density at radius 2 is 2.05 bits per heavy atom. The van der Waals surface area contributed by atoms with Gasteiger partial charge in [0.25, 0.3) is 0 Å². The number of rotatable bonds is 5. The standard InChI is InChI=1S/C18H28N2O/c1-14-5-7-15(8-6-14)9-10-17(21)20-13-16-18(2,3)11-4-12-19-16/h5-8,16,19H,4,9-13H2,1-3H3,(H,20,21). The van der Waals surface area contributed by atoms with E-state index in [0.717, 1.165) is 19.5 Å². The fourth-order valence-electron chi connectivity index (χ4n) is 2.94. The highest BCUT2D eigenvalue weighted by Gasteiger charge is 2.31. The molecule has 0 aliphatic carbocycles. The molecule has 2 rings (SSSR count). The Kier molecular flexibility index (Phi) is 5.40. The van der Waals surface area contributed by atoms with Gasteiger partial charge in [-0.05, 0) is 43.7 Å². The van der Waals surface area contributed by atoms with Crippen molar-refractivity contribution in [2.75, 3.05) is 13.1 Å². The number of hydrogen-bond acceptors (Lipinski definition) is 2. The van der Waals surface area contributed by atoms with Gasteiger partial charge in [0, 0.05) is 19.0 Å². The van der Waals surface area contributed by atoms with Crippen LogP contribution in [0, 0.1) is 12.3 Å². The summed E-state index contributed by atoms with van der Waals surface area (Å²) in [6.45, 7) is 8.44. The Labute approximate surface area is 128 Å². The number of piperidine rings is 1. The van der Waals surface area contributed by atoms with Gasteiger partial charge in [0.2, 0.25) is 5.91 Å². The molecule has 1 saturated heterocycles. The summed E-state index contributed by atoms with van der Waals surface area (Å²) in [5, 5.41) is 6.62. The highest BCUT2D eigenvalue weighted by molar-refractivity contribution is 5.76. The van der Waals surface area contributed by atoms with E-state index in [0.29, 0.717) is 12.5 Å². The molecule has 1 heterocycles. The predicted octanol–water partition coefficient (Wildman–Crippen LogP) is 2.82. The molecule has 0 bridgehead atoms. The summed E-state index contributed by atoms with van der Waals surface area (Å²) in [6, 6.07) is 8.79. The minimum atomic E-state index is 0.152. The number of aryl methyl sites for hydroxylation is 2. The summed E-state index contributed by atoms with van der Waals surface area (Å²) in [7, 11) is 0. The smallest absolute Gasteiger partial charge is 0.220 e. The molecule has 3 heteroatoms. The van der Waals surface area contributed by atoms with Gasteiger partial charge in [-0.15, -0.1) is 0 Å². The highest BCUT2D eigenvalue weighted by atomic mass is 16.1. The van der Waals surface area contributed by atoms with E-state index in [2.05, 4.69) is 55.7 Å². The first-order chi connectivity index (χ1) is 9.97. The molecule has 1 fully saturated rings. The fourth-order valence-corrected chi connectivity index (χ4v) is 2.94. The molecule has 0 radical (unpaired) electrons. The van der Waals surface area contributed by atoms with Crippen LogP contribution in [-0.2, 0) is 11.2 Å². The average Bonchev–Trinajstić information content (AvgIpc) is 2.45. The number of carbonyl (C=O) groups is 1. The molecule has 1 unspecified atom stereocenters. The van der Waals surface area contributed by atoms with E-state index in [1.54, 1.807) is 0 Å². The first kappa shape index (κ1) is 16.0. The average molecular weight is 288 g/mol. The molecule has 116 valence electrons. The van der Waals surface area contributed by atoms with Crippen LogP contribution >= 0.6 is 0 Å². The maximum absolute atomic E-state index is 12.0. The van der Waals surface area contributed by atoms with E-state index >= 15 is 0 Å². The molecule has 2 N–H and O–H groups in total. The van der Waals surface area contributed by atoms with Crippen LogP contribution in [0.3, 0.4) is 0 Å². The number of hydrogen-bond donors (Lipinski definition) is 2. The molecule has 0 aromatic heterocycles. The van der Waals surface area contributed by atoms with Crippen LogP contribution < -0.4 is 10.6 Å². The summed E-state index contributed by atoms with van der Waals surface area (Å²) < 4.78 is 0. The van der Waals surface area contributed by atoms with E-state index < -0.39 is 0 Å². The first-order valence-corrected chi connectivity index (χ1v) is 8.03. The van der Waals surface area contributed by atoms with Gasteiger partial charge in [0.05, 0.1) is 0 Å². The Balaban J connectivity index is 1.73. The molecule has 1 amide bonds. The van der Waals surface area contributed by atoms with E-state index in [9.17, 15) is 4.79 Å². The maximum Gasteiger partial charge on any atom is 0.220 e. The van der Waals surface area contributed by atoms with Gasteiger partial charge in [-0.2, -0.15) is 0 Å². The fraction of sp³-hybridized carbons (Fsp3) is 0.611. The molecule has 0 spiro atoms. The van der Waals surface area contributed by atoms with Gasteiger partial charge in [0.15, 0.2) is 0 Å². The maximum atomic E-state index is 12.0. The Morgan fingerprint density at radius 1 is 1.33 bits per heavy atom. The van der Waals surface area contributed by atoms with Crippen molar-refractivity contribution in [2.45, 2.75) is 52.5 Å². The third-order valence-electron chi connectivity index (χ3n) is 4.60. The van der Waals surface area contributed by atoms with Crippen LogP contribution in [0.2, 0.25) is 0 Å². The second kappa shape index (κ2) is 7.08. The van der Waals surface area contributed by atoms with Crippen molar-refractivity contribution >= 4 is 5.91 Å². The van der Waals surface area contributed by atoms with Crippen LogP contribution in [-0.4, -0.2) is 25.0 Å². The summed E-state index contributed by atoms with van der Waals surface area (Å²) in [5.41, 5.74) is 2.75. The molecule has 1 aromatic carbocycles. The Bertz CT molecular complexity index is 465.